The van der Waals surface area contributed by atoms with E-state index < -0.39 is 0 Å². The monoisotopic (exact) mass is 320 g/mol. The molecule has 5 nitrogen and oxygen atoms in total. The lowest BCUT2D eigenvalue weighted by Crippen LogP contribution is -2.14. The van der Waals surface area contributed by atoms with E-state index in [1.807, 2.05) is 13.0 Å². The van der Waals surface area contributed by atoms with Gasteiger partial charge in [0.2, 0.25) is 0 Å². The molecule has 122 valence electrons. The fourth-order valence-corrected chi connectivity index (χ4v) is 4.28. The van der Waals surface area contributed by atoms with Gasteiger partial charge >= 0.3 is 0 Å². The zero-order valence-corrected chi connectivity index (χ0v) is 13.8. The number of anilines is 2. The van der Waals surface area contributed by atoms with Crippen molar-refractivity contribution in [1.29, 1.82) is 0 Å². The van der Waals surface area contributed by atoms with Crippen LogP contribution in [0.1, 0.15) is 40.8 Å². The number of H-pyrrole nitrogens is 1. The molecule has 0 atom stereocenters. The second-order valence-corrected chi connectivity index (χ2v) is 6.96. The van der Waals surface area contributed by atoms with Crippen LogP contribution in [0.15, 0.2) is 23.0 Å². The van der Waals surface area contributed by atoms with E-state index in [1.165, 1.54) is 58.1 Å². The van der Waals surface area contributed by atoms with Gasteiger partial charge in [-0.2, -0.15) is 4.52 Å². The van der Waals surface area contributed by atoms with E-state index in [-0.39, 0.29) is 5.56 Å². The van der Waals surface area contributed by atoms with Crippen molar-refractivity contribution in [2.24, 2.45) is 0 Å². The predicted molar refractivity (Wildman–Crippen MR) is 94.3 cm³/mol. The molecule has 5 heteroatoms. The Hall–Kier alpha value is -2.56. The van der Waals surface area contributed by atoms with Gasteiger partial charge in [0, 0.05) is 23.5 Å². The average molecular weight is 320 g/mol. The molecule has 0 unspecified atom stereocenters. The summed E-state index contributed by atoms with van der Waals surface area (Å²) in [5, 5.41) is 6.74. The van der Waals surface area contributed by atoms with Gasteiger partial charge < -0.3 is 5.32 Å². The first kappa shape index (κ1) is 13.8. The highest BCUT2D eigenvalue weighted by Gasteiger charge is 2.24. The van der Waals surface area contributed by atoms with E-state index in [2.05, 4.69) is 21.5 Å². The van der Waals surface area contributed by atoms with Crippen LogP contribution in [-0.2, 0) is 25.7 Å². The highest BCUT2D eigenvalue weighted by atomic mass is 16.1. The minimum Gasteiger partial charge on any atom is -0.340 e. The molecule has 0 aliphatic heterocycles. The molecule has 0 amide bonds. The molecular weight excluding hydrogens is 300 g/mol. The SMILES string of the molecule is Cc1cc(=O)n2[nH]c(Nc3c4c(cc5c3CCC5)CCC4)cc2n1. The molecule has 24 heavy (non-hydrogen) atoms. The summed E-state index contributed by atoms with van der Waals surface area (Å²) in [6.07, 6.45) is 7.12. The van der Waals surface area contributed by atoms with Crippen LogP contribution in [0.25, 0.3) is 5.65 Å². The summed E-state index contributed by atoms with van der Waals surface area (Å²) in [5.74, 6) is 0.833. The molecule has 3 aromatic rings. The number of aromatic nitrogens is 3. The zero-order valence-electron chi connectivity index (χ0n) is 13.8. The summed E-state index contributed by atoms with van der Waals surface area (Å²) < 4.78 is 1.50. The normalized spacial score (nSPS) is 15.7. The van der Waals surface area contributed by atoms with E-state index in [4.69, 9.17) is 0 Å². The van der Waals surface area contributed by atoms with Crippen LogP contribution in [0.4, 0.5) is 11.5 Å². The minimum atomic E-state index is -0.0749. The van der Waals surface area contributed by atoms with Gasteiger partial charge in [-0.1, -0.05) is 6.07 Å². The maximum Gasteiger partial charge on any atom is 0.272 e. The van der Waals surface area contributed by atoms with Crippen LogP contribution >= 0.6 is 0 Å². The predicted octanol–water partition coefficient (Wildman–Crippen LogP) is 3.05. The Bertz CT molecular complexity index is 996. The molecule has 0 fully saturated rings. The highest BCUT2D eigenvalue weighted by molar-refractivity contribution is 5.72. The standard InChI is InChI=1S/C19H20N4O/c1-11-8-18(24)23-17(20-11)10-16(22-23)21-19-14-6-2-4-12(14)9-13-5-3-7-15(13)19/h8-10,21-22H,2-7H2,1H3. The lowest BCUT2D eigenvalue weighted by atomic mass is 9.99. The highest BCUT2D eigenvalue weighted by Crippen LogP contribution is 2.39. The fraction of sp³-hybridized carbons (Fsp3) is 0.368. The molecule has 2 aliphatic rings. The number of hydrogen-bond donors (Lipinski definition) is 2. The number of nitrogens with one attached hydrogen (secondary N) is 2. The van der Waals surface area contributed by atoms with Crippen LogP contribution in [0.2, 0.25) is 0 Å². The summed E-state index contributed by atoms with van der Waals surface area (Å²) in [7, 11) is 0. The van der Waals surface area contributed by atoms with E-state index in [0.29, 0.717) is 5.65 Å². The van der Waals surface area contributed by atoms with Crippen LogP contribution in [0.3, 0.4) is 0 Å². The van der Waals surface area contributed by atoms with Gasteiger partial charge in [-0.3, -0.25) is 9.89 Å². The van der Waals surface area contributed by atoms with Crippen LogP contribution in [0.5, 0.6) is 0 Å². The summed E-state index contributed by atoms with van der Waals surface area (Å²) in [6.45, 7) is 1.85. The summed E-state index contributed by atoms with van der Waals surface area (Å²) in [5.41, 5.74) is 8.53. The number of nitrogens with zero attached hydrogens (tertiary/aromatic N) is 2. The molecule has 2 aliphatic carbocycles. The van der Waals surface area contributed by atoms with Crippen molar-refractivity contribution in [3.8, 4) is 0 Å². The third kappa shape index (κ3) is 2.00. The lowest BCUT2D eigenvalue weighted by Gasteiger charge is -2.15. The molecule has 0 saturated carbocycles. The smallest absolute Gasteiger partial charge is 0.272 e. The van der Waals surface area contributed by atoms with Crippen LogP contribution in [-0.4, -0.2) is 14.6 Å². The van der Waals surface area contributed by atoms with Crippen molar-refractivity contribution < 1.29 is 0 Å². The molecule has 0 spiro atoms. The first-order chi connectivity index (χ1) is 11.7. The molecule has 5 rings (SSSR count). The first-order valence-electron chi connectivity index (χ1n) is 8.72. The van der Waals surface area contributed by atoms with E-state index in [0.717, 1.165) is 24.4 Å². The number of hydrogen-bond acceptors (Lipinski definition) is 3. The average Bonchev–Trinajstić information content (AvgIpc) is 3.24. The molecule has 2 N–H and O–H groups in total. The zero-order chi connectivity index (χ0) is 16.3. The largest absolute Gasteiger partial charge is 0.340 e. The topological polar surface area (TPSA) is 62.2 Å². The number of benzene rings is 1. The van der Waals surface area contributed by atoms with Gasteiger partial charge in [0.1, 0.15) is 5.82 Å². The van der Waals surface area contributed by atoms with Gasteiger partial charge in [-0.05, 0) is 67.7 Å². The Balaban J connectivity index is 1.64. The Morgan fingerprint density at radius 2 is 1.75 bits per heavy atom. The second-order valence-electron chi connectivity index (χ2n) is 6.96. The van der Waals surface area contributed by atoms with E-state index in [9.17, 15) is 4.79 Å². The number of fused-ring (bicyclic) bond motifs is 3. The third-order valence-electron chi connectivity index (χ3n) is 5.31. The molecule has 2 aromatic heterocycles. The molecule has 1 aromatic carbocycles. The molecule has 0 radical (unpaired) electrons. The Kier molecular flexibility index (Phi) is 2.86. The molecule has 0 saturated heterocycles. The quantitative estimate of drug-likeness (QED) is 0.763. The molecule has 0 bridgehead atoms. The van der Waals surface area contributed by atoms with Crippen LogP contribution < -0.4 is 10.9 Å². The van der Waals surface area contributed by atoms with E-state index in [1.54, 1.807) is 6.07 Å². The van der Waals surface area contributed by atoms with Gasteiger partial charge in [0.25, 0.3) is 5.56 Å². The summed E-state index contributed by atoms with van der Waals surface area (Å²) in [6, 6.07) is 5.89. The van der Waals surface area contributed by atoms with Crippen LogP contribution in [0, 0.1) is 6.92 Å². The summed E-state index contributed by atoms with van der Waals surface area (Å²) in [4.78, 5) is 16.5. The van der Waals surface area contributed by atoms with Crippen molar-refractivity contribution in [3.05, 3.63) is 56.5 Å². The number of aryl methyl sites for hydroxylation is 3. The maximum absolute atomic E-state index is 12.1. The Labute approximate surface area is 139 Å². The van der Waals surface area contributed by atoms with Crippen molar-refractivity contribution >= 4 is 17.2 Å². The van der Waals surface area contributed by atoms with Gasteiger partial charge in [-0.15, -0.1) is 0 Å². The van der Waals surface area contributed by atoms with E-state index >= 15 is 0 Å². The third-order valence-corrected chi connectivity index (χ3v) is 5.31. The Morgan fingerprint density at radius 1 is 1.04 bits per heavy atom. The number of rotatable bonds is 2. The molecule has 2 heterocycles. The maximum atomic E-state index is 12.1. The lowest BCUT2D eigenvalue weighted by molar-refractivity contribution is 0.890. The first-order valence-corrected chi connectivity index (χ1v) is 8.72. The fourth-order valence-electron chi connectivity index (χ4n) is 4.28. The summed E-state index contributed by atoms with van der Waals surface area (Å²) >= 11 is 0. The molecular formula is C19H20N4O. The van der Waals surface area contributed by atoms with Crippen molar-refractivity contribution in [1.82, 2.24) is 14.6 Å². The van der Waals surface area contributed by atoms with Gasteiger partial charge in [0.15, 0.2) is 5.65 Å². The number of aromatic amines is 1. The van der Waals surface area contributed by atoms with Crippen molar-refractivity contribution in [2.75, 3.05) is 5.32 Å². The Morgan fingerprint density at radius 3 is 2.46 bits per heavy atom. The van der Waals surface area contributed by atoms with Crippen molar-refractivity contribution in [3.63, 3.8) is 0 Å². The minimum absolute atomic E-state index is 0.0749. The van der Waals surface area contributed by atoms with Crippen molar-refractivity contribution in [2.45, 2.75) is 45.4 Å². The second kappa shape index (κ2) is 4.97. The van der Waals surface area contributed by atoms with Gasteiger partial charge in [-0.25, -0.2) is 4.98 Å². The van der Waals surface area contributed by atoms with Gasteiger partial charge in [0.05, 0.1) is 0 Å².